The van der Waals surface area contributed by atoms with E-state index in [0.717, 1.165) is 49.7 Å². The second-order valence-corrected chi connectivity index (χ2v) is 12.0. The normalized spacial score (nSPS) is 13.4. The first-order valence-electron chi connectivity index (χ1n) is 15.4. The predicted molar refractivity (Wildman–Crippen MR) is 171 cm³/mol. The van der Waals surface area contributed by atoms with Crippen molar-refractivity contribution >= 4 is 24.0 Å². The van der Waals surface area contributed by atoms with Gasteiger partial charge in [-0.3, -0.25) is 9.59 Å². The highest BCUT2D eigenvalue weighted by molar-refractivity contribution is 5.92. The second kappa shape index (κ2) is 17.4. The molecule has 0 aliphatic heterocycles. The number of ether oxygens (including phenoxy) is 1. The van der Waals surface area contributed by atoms with Gasteiger partial charge in [-0.15, -0.1) is 0 Å². The van der Waals surface area contributed by atoms with Crippen LogP contribution in [-0.4, -0.2) is 47.0 Å². The highest BCUT2D eigenvalue weighted by atomic mass is 16.6. The molecular weight excluding hydrogens is 526 g/mol. The smallest absolute Gasteiger partial charge is 0.408 e. The SMILES string of the molecule is C=Cc1cccc(C(C(=O)NC(C)CCC)N(CCCCCC)C(=O)C(Cc2ccccc2)NC(=O)OC(C)(C)C)c1. The van der Waals surface area contributed by atoms with Gasteiger partial charge in [0.25, 0.3) is 0 Å². The Labute approximate surface area is 253 Å². The molecular formula is C35H51N3O4. The molecule has 3 atom stereocenters. The maximum Gasteiger partial charge on any atom is 0.408 e. The third kappa shape index (κ3) is 11.7. The largest absolute Gasteiger partial charge is 0.444 e. The van der Waals surface area contributed by atoms with Gasteiger partial charge < -0.3 is 20.3 Å². The first-order valence-corrected chi connectivity index (χ1v) is 15.4. The fourth-order valence-electron chi connectivity index (χ4n) is 4.93. The summed E-state index contributed by atoms with van der Waals surface area (Å²) in [5.74, 6) is -0.565. The molecule has 7 heteroatoms. The van der Waals surface area contributed by atoms with Gasteiger partial charge in [0, 0.05) is 19.0 Å². The zero-order valence-electron chi connectivity index (χ0n) is 26.4. The molecule has 0 bridgehead atoms. The molecule has 0 aliphatic rings. The van der Waals surface area contributed by atoms with E-state index in [1.54, 1.807) is 31.7 Å². The van der Waals surface area contributed by atoms with Crippen molar-refractivity contribution in [2.75, 3.05) is 6.54 Å². The molecule has 0 heterocycles. The van der Waals surface area contributed by atoms with Crippen LogP contribution >= 0.6 is 0 Å². The summed E-state index contributed by atoms with van der Waals surface area (Å²) < 4.78 is 5.54. The lowest BCUT2D eigenvalue weighted by molar-refractivity contribution is -0.142. The Balaban J connectivity index is 2.59. The average molecular weight is 578 g/mol. The van der Waals surface area contributed by atoms with Gasteiger partial charge in [0.15, 0.2) is 0 Å². The molecule has 0 fully saturated rings. The maximum atomic E-state index is 14.6. The van der Waals surface area contributed by atoms with Gasteiger partial charge in [-0.25, -0.2) is 4.79 Å². The first-order chi connectivity index (χ1) is 20.0. The number of unbranched alkanes of at least 4 members (excludes halogenated alkanes) is 3. The molecule has 2 aromatic rings. The quantitative estimate of drug-likeness (QED) is 0.206. The number of nitrogens with zero attached hydrogens (tertiary/aromatic N) is 1. The summed E-state index contributed by atoms with van der Waals surface area (Å²) in [5.41, 5.74) is 1.72. The van der Waals surface area contributed by atoms with Gasteiger partial charge in [-0.2, -0.15) is 0 Å². The summed E-state index contributed by atoms with van der Waals surface area (Å²) in [4.78, 5) is 43.2. The van der Waals surface area contributed by atoms with Gasteiger partial charge in [0.2, 0.25) is 11.8 Å². The Kier molecular flexibility index (Phi) is 14.3. The molecule has 3 amide bonds. The van der Waals surface area contributed by atoms with Crippen LogP contribution in [0.25, 0.3) is 6.08 Å². The number of benzene rings is 2. The first kappa shape index (κ1) is 34.6. The van der Waals surface area contributed by atoms with Gasteiger partial charge >= 0.3 is 6.09 Å². The molecule has 0 radical (unpaired) electrons. The number of nitrogens with one attached hydrogen (secondary N) is 2. The molecule has 0 saturated heterocycles. The predicted octanol–water partition coefficient (Wildman–Crippen LogP) is 7.22. The molecule has 230 valence electrons. The van der Waals surface area contributed by atoms with Crippen LogP contribution in [0.5, 0.6) is 0 Å². The third-order valence-corrected chi connectivity index (χ3v) is 6.94. The van der Waals surface area contributed by atoms with Crippen LogP contribution in [-0.2, 0) is 20.7 Å². The molecule has 2 aromatic carbocycles. The van der Waals surface area contributed by atoms with Crippen LogP contribution < -0.4 is 10.6 Å². The van der Waals surface area contributed by atoms with Crippen molar-refractivity contribution in [2.45, 2.75) is 110 Å². The fourth-order valence-corrected chi connectivity index (χ4v) is 4.93. The lowest BCUT2D eigenvalue weighted by atomic mass is 9.98. The summed E-state index contributed by atoms with van der Waals surface area (Å²) in [6.07, 6.45) is 6.81. The van der Waals surface area contributed by atoms with Crippen molar-refractivity contribution in [2.24, 2.45) is 0 Å². The highest BCUT2D eigenvalue weighted by Gasteiger charge is 2.36. The van der Waals surface area contributed by atoms with Crippen LogP contribution in [0.2, 0.25) is 0 Å². The van der Waals surface area contributed by atoms with Crippen LogP contribution in [0.15, 0.2) is 61.2 Å². The van der Waals surface area contributed by atoms with E-state index in [0.29, 0.717) is 12.1 Å². The monoisotopic (exact) mass is 577 g/mol. The zero-order chi connectivity index (χ0) is 31.1. The number of carbonyl (C=O) groups excluding carboxylic acids is 3. The van der Waals surface area contributed by atoms with E-state index in [9.17, 15) is 14.4 Å². The van der Waals surface area contributed by atoms with Gasteiger partial charge in [-0.05, 0) is 63.3 Å². The van der Waals surface area contributed by atoms with E-state index < -0.39 is 23.8 Å². The Morgan fingerprint density at radius 1 is 0.952 bits per heavy atom. The van der Waals surface area contributed by atoms with Crippen LogP contribution in [0.3, 0.4) is 0 Å². The van der Waals surface area contributed by atoms with Crippen molar-refractivity contribution < 1.29 is 19.1 Å². The number of alkyl carbamates (subject to hydrolysis) is 1. The number of hydrogen-bond acceptors (Lipinski definition) is 4. The minimum Gasteiger partial charge on any atom is -0.444 e. The van der Waals surface area contributed by atoms with Crippen LogP contribution in [0.4, 0.5) is 4.79 Å². The molecule has 42 heavy (non-hydrogen) atoms. The van der Waals surface area contributed by atoms with E-state index in [2.05, 4.69) is 31.1 Å². The van der Waals surface area contributed by atoms with E-state index in [4.69, 9.17) is 4.74 Å². The lowest BCUT2D eigenvalue weighted by Crippen LogP contribution is -2.54. The lowest BCUT2D eigenvalue weighted by Gasteiger charge is -2.35. The summed E-state index contributed by atoms with van der Waals surface area (Å²) in [6.45, 7) is 15.8. The minimum atomic E-state index is -0.931. The van der Waals surface area contributed by atoms with E-state index in [1.807, 2.05) is 61.5 Å². The average Bonchev–Trinajstić information content (AvgIpc) is 2.93. The number of carbonyl (C=O) groups is 3. The maximum absolute atomic E-state index is 14.6. The topological polar surface area (TPSA) is 87.7 Å². The van der Waals surface area contributed by atoms with Gasteiger partial charge in [0.05, 0.1) is 0 Å². The minimum absolute atomic E-state index is 0.0513. The molecule has 3 unspecified atom stereocenters. The number of rotatable bonds is 16. The molecule has 7 nitrogen and oxygen atoms in total. The van der Waals surface area contributed by atoms with E-state index in [1.165, 1.54) is 0 Å². The molecule has 0 aliphatic carbocycles. The molecule has 0 spiro atoms. The third-order valence-electron chi connectivity index (χ3n) is 6.94. The summed E-state index contributed by atoms with van der Waals surface area (Å²) in [5, 5.41) is 5.98. The summed E-state index contributed by atoms with van der Waals surface area (Å²) in [6, 6.07) is 15.3. The Morgan fingerprint density at radius 2 is 1.67 bits per heavy atom. The molecule has 2 N–H and O–H groups in total. The van der Waals surface area contributed by atoms with Crippen LogP contribution in [0.1, 0.15) is 103 Å². The summed E-state index contributed by atoms with van der Waals surface area (Å²) in [7, 11) is 0. The molecule has 0 saturated carbocycles. The van der Waals surface area contributed by atoms with Crippen molar-refractivity contribution in [1.29, 1.82) is 0 Å². The van der Waals surface area contributed by atoms with Crippen LogP contribution in [0, 0.1) is 0 Å². The second-order valence-electron chi connectivity index (χ2n) is 12.0. The van der Waals surface area contributed by atoms with Crippen molar-refractivity contribution in [3.63, 3.8) is 0 Å². The summed E-state index contributed by atoms with van der Waals surface area (Å²) >= 11 is 0. The van der Waals surface area contributed by atoms with E-state index >= 15 is 0 Å². The Bertz CT molecular complexity index is 1140. The van der Waals surface area contributed by atoms with Crippen molar-refractivity contribution in [1.82, 2.24) is 15.5 Å². The zero-order valence-corrected chi connectivity index (χ0v) is 26.4. The number of amides is 3. The standard InChI is InChI=1S/C35H51N3O4/c1-8-11-12-16-23-38(31(32(39)36-26(4)18-9-2)29-22-17-21-27(10-3)24-29)33(40)30(25-28-19-14-13-15-20-28)37-34(41)42-35(5,6)7/h10,13-15,17,19-22,24,26,30-31H,3,8-9,11-12,16,18,23,25H2,1-2,4-7H3,(H,36,39)(H,37,41). The molecule has 0 aromatic heterocycles. The molecule has 2 rings (SSSR count). The van der Waals surface area contributed by atoms with Crippen molar-refractivity contribution in [3.05, 3.63) is 77.9 Å². The van der Waals surface area contributed by atoms with Crippen molar-refractivity contribution in [3.8, 4) is 0 Å². The van der Waals surface area contributed by atoms with Gasteiger partial charge in [-0.1, -0.05) is 101 Å². The fraction of sp³-hybridized carbons (Fsp3) is 0.514. The Hall–Kier alpha value is -3.61. The Morgan fingerprint density at radius 3 is 2.29 bits per heavy atom. The van der Waals surface area contributed by atoms with Gasteiger partial charge in [0.1, 0.15) is 17.7 Å². The highest BCUT2D eigenvalue weighted by Crippen LogP contribution is 2.26. The number of hydrogen-bond donors (Lipinski definition) is 2. The van der Waals surface area contributed by atoms with E-state index in [-0.39, 0.29) is 24.3 Å².